The summed E-state index contributed by atoms with van der Waals surface area (Å²) in [6.45, 7) is 8.49. The Hall–Kier alpha value is -2.21. The van der Waals surface area contributed by atoms with Crippen LogP contribution >= 0.6 is 11.3 Å². The molecule has 3 rings (SSSR count). The zero-order chi connectivity index (χ0) is 20.5. The van der Waals surface area contributed by atoms with Crippen molar-refractivity contribution in [1.29, 1.82) is 0 Å². The molecule has 1 aromatic carbocycles. The normalized spacial score (nSPS) is 16.6. The molecule has 5 nitrogen and oxygen atoms in total. The van der Waals surface area contributed by atoms with Crippen molar-refractivity contribution in [3.05, 3.63) is 34.7 Å². The number of anilines is 1. The van der Waals surface area contributed by atoms with Gasteiger partial charge in [-0.15, -0.1) is 11.3 Å². The molecule has 0 radical (unpaired) electrons. The summed E-state index contributed by atoms with van der Waals surface area (Å²) >= 11 is 1.39. The number of nitrogens with one attached hydrogen (secondary N) is 1. The van der Waals surface area contributed by atoms with E-state index in [1.807, 2.05) is 19.1 Å². The first-order valence-corrected chi connectivity index (χ1v) is 10.6. The molecule has 1 fully saturated rings. The smallest absolute Gasteiger partial charge is 0.319 e. The van der Waals surface area contributed by atoms with Crippen LogP contribution < -0.4 is 5.32 Å². The average molecular weight is 401 g/mol. The van der Waals surface area contributed by atoms with Gasteiger partial charge in [0.1, 0.15) is 5.41 Å². The number of aryl methyl sites for hydroxylation is 1. The molecule has 0 unspecified atom stereocenters. The number of carbonyl (C=O) groups excluding carboxylic acids is 1. The number of nitrogens with zero attached hydrogens (tertiary/aromatic N) is 1. The standard InChI is InChI=1S/C22H28N2O3S/c1-14-17(15-8-10-16(11-9-15)21(2,3)4)23-20(28-14)24-18(25)22(19(26)27)12-6-5-7-13-22/h8-11H,5-7,12-13H2,1-4H3,(H,26,27)(H,23,24,25). The first-order chi connectivity index (χ1) is 13.1. The van der Waals surface area contributed by atoms with Crippen LogP contribution in [0.2, 0.25) is 0 Å². The first-order valence-electron chi connectivity index (χ1n) is 9.77. The van der Waals surface area contributed by atoms with Crippen molar-refractivity contribution in [3.8, 4) is 11.3 Å². The molecule has 0 saturated heterocycles. The minimum absolute atomic E-state index is 0.0833. The van der Waals surface area contributed by atoms with Gasteiger partial charge in [-0.1, -0.05) is 64.3 Å². The Morgan fingerprint density at radius 2 is 1.71 bits per heavy atom. The quantitative estimate of drug-likeness (QED) is 0.675. The molecule has 1 heterocycles. The summed E-state index contributed by atoms with van der Waals surface area (Å²) < 4.78 is 0. The predicted octanol–water partition coefficient (Wildman–Crippen LogP) is 5.39. The number of hydrogen-bond donors (Lipinski definition) is 2. The van der Waals surface area contributed by atoms with Crippen molar-refractivity contribution >= 4 is 28.3 Å². The lowest BCUT2D eigenvalue weighted by atomic mass is 9.73. The molecule has 150 valence electrons. The lowest BCUT2D eigenvalue weighted by Gasteiger charge is -2.31. The molecule has 0 atom stereocenters. The minimum atomic E-state index is -1.33. The van der Waals surface area contributed by atoms with Crippen LogP contribution in [0.15, 0.2) is 24.3 Å². The van der Waals surface area contributed by atoms with Crippen LogP contribution in [0.25, 0.3) is 11.3 Å². The summed E-state index contributed by atoms with van der Waals surface area (Å²) in [6, 6.07) is 8.31. The summed E-state index contributed by atoms with van der Waals surface area (Å²) in [5.41, 5.74) is 1.83. The van der Waals surface area contributed by atoms with E-state index >= 15 is 0 Å². The maximum absolute atomic E-state index is 12.8. The van der Waals surface area contributed by atoms with Gasteiger partial charge in [-0.25, -0.2) is 4.98 Å². The molecule has 0 bridgehead atoms. The molecule has 1 aliphatic carbocycles. The van der Waals surface area contributed by atoms with E-state index in [0.29, 0.717) is 18.0 Å². The number of hydrogen-bond acceptors (Lipinski definition) is 4. The van der Waals surface area contributed by atoms with Gasteiger partial charge in [-0.2, -0.15) is 0 Å². The molecular weight excluding hydrogens is 372 g/mol. The second-order valence-corrected chi connectivity index (χ2v) is 9.86. The molecule has 0 spiro atoms. The predicted molar refractivity (Wildman–Crippen MR) is 113 cm³/mol. The molecule has 28 heavy (non-hydrogen) atoms. The van der Waals surface area contributed by atoms with Crippen LogP contribution in [-0.4, -0.2) is 22.0 Å². The molecule has 1 aliphatic rings. The second kappa shape index (κ2) is 7.66. The maximum atomic E-state index is 12.8. The minimum Gasteiger partial charge on any atom is -0.480 e. The van der Waals surface area contributed by atoms with Gasteiger partial charge in [-0.05, 0) is 30.7 Å². The average Bonchev–Trinajstić information content (AvgIpc) is 3.01. The van der Waals surface area contributed by atoms with E-state index in [9.17, 15) is 14.7 Å². The Kier molecular flexibility index (Phi) is 5.62. The van der Waals surface area contributed by atoms with E-state index in [4.69, 9.17) is 0 Å². The van der Waals surface area contributed by atoms with Gasteiger partial charge >= 0.3 is 5.97 Å². The second-order valence-electron chi connectivity index (χ2n) is 8.65. The number of carboxylic acids is 1. The first kappa shape index (κ1) is 20.5. The van der Waals surface area contributed by atoms with E-state index in [1.54, 1.807) is 0 Å². The Balaban J connectivity index is 1.82. The summed E-state index contributed by atoms with van der Waals surface area (Å²) in [6.07, 6.45) is 3.29. The highest BCUT2D eigenvalue weighted by molar-refractivity contribution is 7.16. The van der Waals surface area contributed by atoms with Gasteiger partial charge < -0.3 is 10.4 Å². The van der Waals surface area contributed by atoms with E-state index < -0.39 is 17.3 Å². The fraction of sp³-hybridized carbons (Fsp3) is 0.500. The molecule has 2 aromatic rings. The van der Waals surface area contributed by atoms with E-state index in [0.717, 1.165) is 35.4 Å². The summed E-state index contributed by atoms with van der Waals surface area (Å²) in [5.74, 6) is -1.47. The van der Waals surface area contributed by atoms with Crippen molar-refractivity contribution < 1.29 is 14.7 Å². The molecule has 2 N–H and O–H groups in total. The van der Waals surface area contributed by atoms with Crippen molar-refractivity contribution in [1.82, 2.24) is 4.98 Å². The number of carboxylic acid groups (broad SMARTS) is 1. The van der Waals surface area contributed by atoms with Crippen LogP contribution in [0.5, 0.6) is 0 Å². The molecule has 1 aromatic heterocycles. The number of thiazole rings is 1. The number of benzene rings is 1. The lowest BCUT2D eigenvalue weighted by molar-refractivity contribution is -0.156. The summed E-state index contributed by atoms with van der Waals surface area (Å²) in [5, 5.41) is 12.9. The monoisotopic (exact) mass is 400 g/mol. The van der Waals surface area contributed by atoms with Gasteiger partial charge in [0.25, 0.3) is 0 Å². The number of carbonyl (C=O) groups is 2. The van der Waals surface area contributed by atoms with Gasteiger partial charge in [0.05, 0.1) is 5.69 Å². The zero-order valence-electron chi connectivity index (χ0n) is 17.0. The van der Waals surface area contributed by atoms with Crippen LogP contribution in [0.1, 0.15) is 63.3 Å². The molecular formula is C22H28N2O3S. The van der Waals surface area contributed by atoms with Crippen LogP contribution in [0.3, 0.4) is 0 Å². The number of amides is 1. The van der Waals surface area contributed by atoms with Crippen molar-refractivity contribution in [2.75, 3.05) is 5.32 Å². The van der Waals surface area contributed by atoms with E-state index in [-0.39, 0.29) is 5.41 Å². The van der Waals surface area contributed by atoms with E-state index in [1.165, 1.54) is 16.9 Å². The highest BCUT2D eigenvalue weighted by atomic mass is 32.1. The van der Waals surface area contributed by atoms with Gasteiger partial charge in [0.15, 0.2) is 5.13 Å². The molecule has 6 heteroatoms. The maximum Gasteiger partial charge on any atom is 0.319 e. The Morgan fingerprint density at radius 3 is 2.25 bits per heavy atom. The fourth-order valence-electron chi connectivity index (χ4n) is 3.76. The van der Waals surface area contributed by atoms with Gasteiger partial charge in [0.2, 0.25) is 5.91 Å². The third kappa shape index (κ3) is 3.97. The van der Waals surface area contributed by atoms with Crippen LogP contribution in [0.4, 0.5) is 5.13 Å². The lowest BCUT2D eigenvalue weighted by Crippen LogP contribution is -2.44. The third-order valence-electron chi connectivity index (χ3n) is 5.59. The van der Waals surface area contributed by atoms with Crippen molar-refractivity contribution in [3.63, 3.8) is 0 Å². The third-order valence-corrected chi connectivity index (χ3v) is 6.48. The highest BCUT2D eigenvalue weighted by Crippen LogP contribution is 2.39. The van der Waals surface area contributed by atoms with Gasteiger partial charge in [-0.3, -0.25) is 9.59 Å². The molecule has 1 amide bonds. The Labute approximate surface area is 170 Å². The summed E-state index contributed by atoms with van der Waals surface area (Å²) in [4.78, 5) is 30.2. The van der Waals surface area contributed by atoms with E-state index in [2.05, 4.69) is 43.2 Å². The topological polar surface area (TPSA) is 79.3 Å². The number of rotatable bonds is 4. The Morgan fingerprint density at radius 1 is 1.11 bits per heavy atom. The molecule has 0 aliphatic heterocycles. The SMILES string of the molecule is Cc1sc(NC(=O)C2(C(=O)O)CCCCC2)nc1-c1ccc(C(C)(C)C)cc1. The fourth-order valence-corrected chi connectivity index (χ4v) is 4.59. The van der Waals surface area contributed by atoms with Crippen molar-refractivity contribution in [2.45, 2.75) is 65.2 Å². The molecule has 1 saturated carbocycles. The van der Waals surface area contributed by atoms with Crippen molar-refractivity contribution in [2.24, 2.45) is 5.41 Å². The Bertz CT molecular complexity index is 872. The largest absolute Gasteiger partial charge is 0.480 e. The van der Waals surface area contributed by atoms with Gasteiger partial charge in [0, 0.05) is 10.4 Å². The zero-order valence-corrected chi connectivity index (χ0v) is 17.8. The van der Waals surface area contributed by atoms with Crippen LogP contribution in [0, 0.1) is 12.3 Å². The number of aliphatic carboxylic acids is 1. The highest BCUT2D eigenvalue weighted by Gasteiger charge is 2.47. The number of aromatic nitrogens is 1. The summed E-state index contributed by atoms with van der Waals surface area (Å²) in [7, 11) is 0. The van der Waals surface area contributed by atoms with Crippen LogP contribution in [-0.2, 0) is 15.0 Å².